The second kappa shape index (κ2) is 9.60. The van der Waals surface area contributed by atoms with E-state index in [0.717, 1.165) is 25.8 Å². The summed E-state index contributed by atoms with van der Waals surface area (Å²) in [5.74, 6) is 0.531. The molecule has 1 aliphatic rings. The number of carbonyl (C=O) groups is 2. The van der Waals surface area contributed by atoms with Crippen molar-refractivity contribution in [2.45, 2.75) is 45.2 Å². The predicted octanol–water partition coefficient (Wildman–Crippen LogP) is 1.49. The molecule has 0 aromatic heterocycles. The van der Waals surface area contributed by atoms with E-state index >= 15 is 0 Å². The summed E-state index contributed by atoms with van der Waals surface area (Å²) < 4.78 is 4.72. The van der Waals surface area contributed by atoms with Gasteiger partial charge in [0.15, 0.2) is 0 Å². The highest BCUT2D eigenvalue weighted by atomic mass is 16.5. The van der Waals surface area contributed by atoms with Gasteiger partial charge in [-0.3, -0.25) is 0 Å². The van der Waals surface area contributed by atoms with Crippen LogP contribution in [0.25, 0.3) is 0 Å². The van der Waals surface area contributed by atoms with Gasteiger partial charge in [-0.1, -0.05) is 13.8 Å². The topological polar surface area (TPSA) is 73.9 Å². The number of carbonyl (C=O) groups excluding carboxylic acids is 2. The van der Waals surface area contributed by atoms with Crippen LogP contribution in [-0.2, 0) is 4.74 Å². The minimum atomic E-state index is -0.295. The van der Waals surface area contributed by atoms with Crippen molar-refractivity contribution in [2.24, 2.45) is 5.92 Å². The number of amides is 3. The van der Waals surface area contributed by atoms with Crippen LogP contribution in [0, 0.1) is 5.92 Å². The molecule has 0 saturated carbocycles. The smallest absolute Gasteiger partial charge is 0.409 e. The average molecular weight is 328 g/mol. The fourth-order valence-electron chi connectivity index (χ4n) is 2.94. The first kappa shape index (κ1) is 19.5. The number of hydrogen-bond donors (Lipinski definition) is 2. The van der Waals surface area contributed by atoms with Crippen LogP contribution in [0.5, 0.6) is 0 Å². The molecule has 1 unspecified atom stereocenters. The molecule has 7 nitrogen and oxygen atoms in total. The first-order valence-corrected chi connectivity index (χ1v) is 8.36. The number of urea groups is 1. The predicted molar refractivity (Wildman–Crippen MR) is 90.5 cm³/mol. The molecule has 2 N–H and O–H groups in total. The number of piperidine rings is 1. The lowest BCUT2D eigenvalue weighted by Crippen LogP contribution is -2.52. The Kier molecular flexibility index (Phi) is 8.16. The highest BCUT2D eigenvalue weighted by molar-refractivity contribution is 5.74. The molecule has 1 heterocycles. The molecule has 0 aromatic rings. The fraction of sp³-hybridized carbons (Fsp3) is 0.875. The lowest BCUT2D eigenvalue weighted by Gasteiger charge is -2.32. The van der Waals surface area contributed by atoms with Crippen LogP contribution < -0.4 is 10.6 Å². The third-order valence-corrected chi connectivity index (χ3v) is 3.94. The Balaban J connectivity index is 2.39. The van der Waals surface area contributed by atoms with E-state index in [2.05, 4.69) is 29.4 Å². The summed E-state index contributed by atoms with van der Waals surface area (Å²) in [6.07, 6.45) is 2.17. The summed E-state index contributed by atoms with van der Waals surface area (Å²) >= 11 is 0. The molecule has 0 radical (unpaired) electrons. The number of rotatable bonds is 6. The molecular formula is C16H32N4O3. The largest absolute Gasteiger partial charge is 0.453 e. The Morgan fingerprint density at radius 3 is 2.35 bits per heavy atom. The van der Waals surface area contributed by atoms with Crippen LogP contribution in [0.2, 0.25) is 0 Å². The molecule has 1 fully saturated rings. The molecule has 3 amide bonds. The van der Waals surface area contributed by atoms with Crippen LogP contribution in [-0.4, -0.2) is 74.8 Å². The van der Waals surface area contributed by atoms with Gasteiger partial charge in [0.1, 0.15) is 0 Å². The van der Waals surface area contributed by atoms with Crippen molar-refractivity contribution >= 4 is 12.1 Å². The van der Waals surface area contributed by atoms with Crippen molar-refractivity contribution in [3.8, 4) is 0 Å². The molecule has 0 aliphatic carbocycles. The van der Waals surface area contributed by atoms with Gasteiger partial charge in [-0.2, -0.15) is 0 Å². The Morgan fingerprint density at radius 1 is 1.26 bits per heavy atom. The zero-order valence-electron chi connectivity index (χ0n) is 15.1. The zero-order valence-corrected chi connectivity index (χ0v) is 15.1. The molecule has 0 spiro atoms. The average Bonchev–Trinajstić information content (AvgIpc) is 2.45. The minimum Gasteiger partial charge on any atom is -0.453 e. The molecule has 1 aliphatic heterocycles. The molecule has 1 rings (SSSR count). The Labute approximate surface area is 139 Å². The van der Waals surface area contributed by atoms with Crippen LogP contribution in [0.4, 0.5) is 9.59 Å². The normalized spacial score (nSPS) is 17.3. The van der Waals surface area contributed by atoms with Crippen molar-refractivity contribution in [3.63, 3.8) is 0 Å². The molecule has 1 atom stereocenters. The summed E-state index contributed by atoms with van der Waals surface area (Å²) in [6.45, 7) is 6.37. The number of nitrogens with one attached hydrogen (secondary N) is 2. The van der Waals surface area contributed by atoms with Gasteiger partial charge in [0.25, 0.3) is 0 Å². The second-order valence-electron chi connectivity index (χ2n) is 6.94. The van der Waals surface area contributed by atoms with E-state index in [1.807, 2.05) is 14.1 Å². The summed E-state index contributed by atoms with van der Waals surface area (Å²) in [6, 6.07) is 0.129. The maximum atomic E-state index is 12.2. The van der Waals surface area contributed by atoms with Gasteiger partial charge in [-0.15, -0.1) is 0 Å². The first-order chi connectivity index (χ1) is 10.8. The van der Waals surface area contributed by atoms with Crippen molar-refractivity contribution in [3.05, 3.63) is 0 Å². The maximum Gasteiger partial charge on any atom is 0.409 e. The molecule has 7 heteroatoms. The van der Waals surface area contributed by atoms with Gasteiger partial charge < -0.3 is 25.2 Å². The number of hydrogen-bond acceptors (Lipinski definition) is 4. The van der Waals surface area contributed by atoms with Gasteiger partial charge in [0.05, 0.1) is 7.11 Å². The summed E-state index contributed by atoms with van der Waals surface area (Å²) in [5, 5.41) is 6.10. The molecular weight excluding hydrogens is 296 g/mol. The first-order valence-electron chi connectivity index (χ1n) is 8.36. The number of methoxy groups -OCH3 is 1. The Bertz CT molecular complexity index is 370. The van der Waals surface area contributed by atoms with Gasteiger partial charge in [0, 0.05) is 31.7 Å². The number of nitrogens with zero attached hydrogens (tertiary/aromatic N) is 2. The SMILES string of the molecule is COC(=O)N1CCC(NC(=O)NC(CC(C)C)CN(C)C)CC1. The molecule has 0 aromatic carbocycles. The van der Waals surface area contributed by atoms with Gasteiger partial charge in [-0.25, -0.2) is 9.59 Å². The lowest BCUT2D eigenvalue weighted by molar-refractivity contribution is 0.110. The molecule has 1 saturated heterocycles. The Hall–Kier alpha value is -1.50. The summed E-state index contributed by atoms with van der Waals surface area (Å²) in [5.41, 5.74) is 0. The third kappa shape index (κ3) is 7.54. The quantitative estimate of drug-likeness (QED) is 0.775. The maximum absolute atomic E-state index is 12.2. The Morgan fingerprint density at radius 2 is 1.87 bits per heavy atom. The van der Waals surface area contributed by atoms with E-state index in [1.54, 1.807) is 4.90 Å². The van der Waals surface area contributed by atoms with E-state index in [4.69, 9.17) is 4.74 Å². The van der Waals surface area contributed by atoms with Gasteiger partial charge in [-0.05, 0) is 39.3 Å². The van der Waals surface area contributed by atoms with Crippen molar-refractivity contribution in [2.75, 3.05) is 40.8 Å². The van der Waals surface area contributed by atoms with E-state index < -0.39 is 0 Å². The van der Waals surface area contributed by atoms with E-state index in [0.29, 0.717) is 19.0 Å². The molecule has 0 bridgehead atoms. The second-order valence-corrected chi connectivity index (χ2v) is 6.94. The standard InChI is InChI=1S/C16H32N4O3/c1-12(2)10-14(11-19(3)4)18-15(21)17-13-6-8-20(9-7-13)16(22)23-5/h12-14H,6-11H2,1-5H3,(H2,17,18,21). The van der Waals surface area contributed by atoms with Crippen molar-refractivity contribution < 1.29 is 14.3 Å². The highest BCUT2D eigenvalue weighted by Gasteiger charge is 2.25. The molecule has 23 heavy (non-hydrogen) atoms. The number of likely N-dealkylation sites (tertiary alicyclic amines) is 1. The van der Waals surface area contributed by atoms with Crippen LogP contribution in [0.1, 0.15) is 33.1 Å². The van der Waals surface area contributed by atoms with Crippen molar-refractivity contribution in [1.29, 1.82) is 0 Å². The molecule has 134 valence electrons. The van der Waals surface area contributed by atoms with Gasteiger partial charge in [0.2, 0.25) is 0 Å². The van der Waals surface area contributed by atoms with E-state index in [-0.39, 0.29) is 24.2 Å². The van der Waals surface area contributed by atoms with Crippen LogP contribution in [0.3, 0.4) is 0 Å². The lowest BCUT2D eigenvalue weighted by atomic mass is 10.0. The van der Waals surface area contributed by atoms with Gasteiger partial charge >= 0.3 is 12.1 Å². The summed E-state index contributed by atoms with van der Waals surface area (Å²) in [4.78, 5) is 27.4. The highest BCUT2D eigenvalue weighted by Crippen LogP contribution is 2.11. The minimum absolute atomic E-state index is 0.106. The number of ether oxygens (including phenoxy) is 1. The van der Waals surface area contributed by atoms with Crippen LogP contribution in [0.15, 0.2) is 0 Å². The van der Waals surface area contributed by atoms with Crippen molar-refractivity contribution in [1.82, 2.24) is 20.4 Å². The van der Waals surface area contributed by atoms with E-state index in [9.17, 15) is 9.59 Å². The summed E-state index contributed by atoms with van der Waals surface area (Å²) in [7, 11) is 5.41. The fourth-order valence-corrected chi connectivity index (χ4v) is 2.94. The number of likely N-dealkylation sites (N-methyl/N-ethyl adjacent to an activating group) is 1. The third-order valence-electron chi connectivity index (χ3n) is 3.94. The van der Waals surface area contributed by atoms with Crippen LogP contribution >= 0.6 is 0 Å². The monoisotopic (exact) mass is 328 g/mol. The zero-order chi connectivity index (χ0) is 17.4. The van der Waals surface area contributed by atoms with E-state index in [1.165, 1.54) is 7.11 Å².